The second kappa shape index (κ2) is 10.3. The topological polar surface area (TPSA) is 49.4 Å². The molecule has 0 heterocycles. The number of amides is 2. The van der Waals surface area contributed by atoms with Crippen molar-refractivity contribution in [3.05, 3.63) is 70.3 Å². The third-order valence-corrected chi connectivity index (χ3v) is 5.65. The molecule has 5 heteroatoms. The van der Waals surface area contributed by atoms with Crippen molar-refractivity contribution in [2.24, 2.45) is 0 Å². The van der Waals surface area contributed by atoms with E-state index in [2.05, 4.69) is 37.4 Å². The SMILES string of the molecule is CNC(=O)[C@@H](C)N(Cc1ccc(C)cc1)C(=O)CSCc1cc(C)cc(C)c1. The van der Waals surface area contributed by atoms with Crippen molar-refractivity contribution in [1.82, 2.24) is 10.2 Å². The molecule has 1 N–H and O–H groups in total. The molecule has 0 spiro atoms. The maximum atomic E-state index is 12.9. The number of nitrogens with one attached hydrogen (secondary N) is 1. The molecule has 28 heavy (non-hydrogen) atoms. The van der Waals surface area contributed by atoms with E-state index in [4.69, 9.17) is 0 Å². The molecule has 0 saturated carbocycles. The third-order valence-electron chi connectivity index (χ3n) is 4.66. The summed E-state index contributed by atoms with van der Waals surface area (Å²) in [4.78, 5) is 26.8. The largest absolute Gasteiger partial charge is 0.357 e. The van der Waals surface area contributed by atoms with Crippen LogP contribution in [0.15, 0.2) is 42.5 Å². The van der Waals surface area contributed by atoms with Gasteiger partial charge in [-0.15, -0.1) is 11.8 Å². The fraction of sp³-hybridized carbons (Fsp3) is 0.391. The first kappa shape index (κ1) is 22.0. The lowest BCUT2D eigenvalue weighted by Gasteiger charge is -2.28. The van der Waals surface area contributed by atoms with E-state index in [9.17, 15) is 9.59 Å². The van der Waals surface area contributed by atoms with E-state index in [1.165, 1.54) is 22.3 Å². The minimum atomic E-state index is -0.513. The van der Waals surface area contributed by atoms with Gasteiger partial charge in [-0.3, -0.25) is 9.59 Å². The quantitative estimate of drug-likeness (QED) is 0.731. The Bertz CT molecular complexity index is 798. The Labute approximate surface area is 172 Å². The number of hydrogen-bond donors (Lipinski definition) is 1. The van der Waals surface area contributed by atoms with Gasteiger partial charge >= 0.3 is 0 Å². The van der Waals surface area contributed by atoms with Gasteiger partial charge in [0.2, 0.25) is 11.8 Å². The van der Waals surface area contributed by atoms with Gasteiger partial charge in [0.25, 0.3) is 0 Å². The predicted molar refractivity (Wildman–Crippen MR) is 117 cm³/mol. The molecular weight excluding hydrogens is 368 g/mol. The molecule has 0 saturated heterocycles. The zero-order valence-electron chi connectivity index (χ0n) is 17.4. The van der Waals surface area contributed by atoms with Crippen LogP contribution in [0.4, 0.5) is 0 Å². The molecule has 2 aromatic rings. The lowest BCUT2D eigenvalue weighted by Crippen LogP contribution is -2.47. The van der Waals surface area contributed by atoms with Gasteiger partial charge in [0.1, 0.15) is 6.04 Å². The number of carbonyl (C=O) groups is 2. The van der Waals surface area contributed by atoms with Crippen LogP contribution >= 0.6 is 11.8 Å². The molecule has 0 aliphatic carbocycles. The van der Waals surface area contributed by atoms with E-state index in [1.54, 1.807) is 30.6 Å². The highest BCUT2D eigenvalue weighted by Crippen LogP contribution is 2.18. The van der Waals surface area contributed by atoms with Crippen LogP contribution in [0.5, 0.6) is 0 Å². The Morgan fingerprint density at radius 1 is 0.964 bits per heavy atom. The molecular formula is C23H30N2O2S. The monoisotopic (exact) mass is 398 g/mol. The number of likely N-dealkylation sites (N-methyl/N-ethyl adjacent to an activating group) is 1. The van der Waals surface area contributed by atoms with Crippen LogP contribution in [-0.4, -0.2) is 35.6 Å². The van der Waals surface area contributed by atoms with Crippen LogP contribution in [0.1, 0.15) is 34.7 Å². The molecule has 0 aliphatic rings. The van der Waals surface area contributed by atoms with Gasteiger partial charge in [0, 0.05) is 19.3 Å². The summed E-state index contributed by atoms with van der Waals surface area (Å²) < 4.78 is 0. The average molecular weight is 399 g/mol. The average Bonchev–Trinajstić information content (AvgIpc) is 2.65. The summed E-state index contributed by atoms with van der Waals surface area (Å²) in [6, 6.07) is 14.0. The Kier molecular flexibility index (Phi) is 8.12. The molecule has 150 valence electrons. The lowest BCUT2D eigenvalue weighted by molar-refractivity contribution is -0.138. The summed E-state index contributed by atoms with van der Waals surface area (Å²) in [5, 5.41) is 2.65. The molecule has 1 atom stereocenters. The Balaban J connectivity index is 2.05. The van der Waals surface area contributed by atoms with E-state index in [0.29, 0.717) is 12.3 Å². The molecule has 0 fully saturated rings. The van der Waals surface area contributed by atoms with Crippen LogP contribution < -0.4 is 5.32 Å². The summed E-state index contributed by atoms with van der Waals surface area (Å²) >= 11 is 1.59. The summed E-state index contributed by atoms with van der Waals surface area (Å²) in [5.74, 6) is 0.951. The summed E-state index contributed by atoms with van der Waals surface area (Å²) in [6.45, 7) is 8.40. The number of carbonyl (C=O) groups excluding carboxylic acids is 2. The maximum Gasteiger partial charge on any atom is 0.242 e. The van der Waals surface area contributed by atoms with E-state index in [0.717, 1.165) is 11.3 Å². The fourth-order valence-corrected chi connectivity index (χ4v) is 4.02. The number of hydrogen-bond acceptors (Lipinski definition) is 3. The Hall–Kier alpha value is -2.27. The molecule has 2 amide bonds. The van der Waals surface area contributed by atoms with Gasteiger partial charge in [0.15, 0.2) is 0 Å². The molecule has 2 aromatic carbocycles. The summed E-state index contributed by atoms with van der Waals surface area (Å²) in [7, 11) is 1.60. The zero-order chi connectivity index (χ0) is 20.7. The summed E-state index contributed by atoms with van der Waals surface area (Å²) in [5.41, 5.74) is 5.88. The van der Waals surface area contributed by atoms with Crippen molar-refractivity contribution in [2.75, 3.05) is 12.8 Å². The second-order valence-corrected chi connectivity index (χ2v) is 8.27. The summed E-state index contributed by atoms with van der Waals surface area (Å²) in [6.07, 6.45) is 0. The molecule has 0 unspecified atom stereocenters. The maximum absolute atomic E-state index is 12.9. The van der Waals surface area contributed by atoms with E-state index >= 15 is 0 Å². The van der Waals surface area contributed by atoms with Crippen LogP contribution in [0.25, 0.3) is 0 Å². The number of benzene rings is 2. The Morgan fingerprint density at radius 2 is 1.57 bits per heavy atom. The van der Waals surface area contributed by atoms with Crippen LogP contribution in [0.3, 0.4) is 0 Å². The Morgan fingerprint density at radius 3 is 2.14 bits per heavy atom. The molecule has 0 bridgehead atoms. The molecule has 2 rings (SSSR count). The second-order valence-electron chi connectivity index (χ2n) is 7.29. The van der Waals surface area contributed by atoms with Crippen molar-refractivity contribution >= 4 is 23.6 Å². The third kappa shape index (κ3) is 6.41. The first-order valence-electron chi connectivity index (χ1n) is 9.51. The van der Waals surface area contributed by atoms with Gasteiger partial charge in [-0.05, 0) is 38.8 Å². The lowest BCUT2D eigenvalue weighted by atomic mass is 10.1. The van der Waals surface area contributed by atoms with Crippen molar-refractivity contribution < 1.29 is 9.59 Å². The van der Waals surface area contributed by atoms with E-state index in [-0.39, 0.29) is 11.8 Å². The molecule has 4 nitrogen and oxygen atoms in total. The smallest absolute Gasteiger partial charge is 0.242 e. The van der Waals surface area contributed by atoms with Gasteiger partial charge in [-0.2, -0.15) is 0 Å². The highest BCUT2D eigenvalue weighted by Gasteiger charge is 2.25. The number of aryl methyl sites for hydroxylation is 3. The van der Waals surface area contributed by atoms with Crippen molar-refractivity contribution in [3.8, 4) is 0 Å². The molecule has 0 aromatic heterocycles. The van der Waals surface area contributed by atoms with Crippen LogP contribution in [-0.2, 0) is 21.9 Å². The normalized spacial score (nSPS) is 11.8. The van der Waals surface area contributed by atoms with Crippen LogP contribution in [0.2, 0.25) is 0 Å². The number of rotatable bonds is 8. The highest BCUT2D eigenvalue weighted by molar-refractivity contribution is 7.99. The molecule has 0 aliphatic heterocycles. The standard InChI is InChI=1S/C23H30N2O2S/c1-16-6-8-20(9-7-16)13-25(19(4)23(27)24-5)22(26)15-28-14-21-11-17(2)10-18(3)12-21/h6-12,19H,13-15H2,1-5H3,(H,24,27)/t19-/m1/s1. The van der Waals surface area contributed by atoms with Gasteiger partial charge in [-0.1, -0.05) is 59.2 Å². The fourth-order valence-electron chi connectivity index (χ4n) is 3.17. The highest BCUT2D eigenvalue weighted by atomic mass is 32.2. The minimum absolute atomic E-state index is 0.0222. The molecule has 0 radical (unpaired) electrons. The first-order valence-corrected chi connectivity index (χ1v) is 10.7. The van der Waals surface area contributed by atoms with Crippen molar-refractivity contribution in [2.45, 2.75) is 46.0 Å². The van der Waals surface area contributed by atoms with Crippen molar-refractivity contribution in [1.29, 1.82) is 0 Å². The van der Waals surface area contributed by atoms with Crippen molar-refractivity contribution in [3.63, 3.8) is 0 Å². The van der Waals surface area contributed by atoms with Gasteiger partial charge in [0.05, 0.1) is 5.75 Å². The zero-order valence-corrected chi connectivity index (χ0v) is 18.2. The van der Waals surface area contributed by atoms with E-state index in [1.807, 2.05) is 31.2 Å². The number of nitrogens with zero attached hydrogens (tertiary/aromatic N) is 1. The van der Waals surface area contributed by atoms with Gasteiger partial charge in [-0.25, -0.2) is 0 Å². The minimum Gasteiger partial charge on any atom is -0.357 e. The number of thioether (sulfide) groups is 1. The predicted octanol–water partition coefficient (Wildman–Crippen LogP) is 4.01. The first-order chi connectivity index (χ1) is 13.3. The van der Waals surface area contributed by atoms with E-state index < -0.39 is 6.04 Å². The van der Waals surface area contributed by atoms with Crippen LogP contribution in [0, 0.1) is 20.8 Å². The van der Waals surface area contributed by atoms with Gasteiger partial charge < -0.3 is 10.2 Å².